The molecule has 2 saturated heterocycles. The van der Waals surface area contributed by atoms with Crippen LogP contribution in [0.1, 0.15) is 48.9 Å². The highest BCUT2D eigenvalue weighted by Gasteiger charge is 2.37. The van der Waals surface area contributed by atoms with Gasteiger partial charge >= 0.3 is 0 Å². The number of likely N-dealkylation sites (tertiary alicyclic amines) is 2. The molecular weight excluding hydrogens is 326 g/mol. The van der Waals surface area contributed by atoms with Gasteiger partial charge in [0.1, 0.15) is 0 Å². The SMILES string of the molecule is COc1ccc(C(=O)N2C[C@H]3CCN(CC4CCCC4)CC[C@H]3C2)cn1. The Kier molecular flexibility index (Phi) is 5.44. The lowest BCUT2D eigenvalue weighted by Crippen LogP contribution is -2.32. The highest BCUT2D eigenvalue weighted by Crippen LogP contribution is 2.34. The Labute approximate surface area is 156 Å². The first-order valence-electron chi connectivity index (χ1n) is 10.2. The predicted molar refractivity (Wildman–Crippen MR) is 101 cm³/mol. The molecule has 2 atom stereocenters. The van der Waals surface area contributed by atoms with Gasteiger partial charge in [-0.15, -0.1) is 0 Å². The van der Waals surface area contributed by atoms with E-state index in [1.807, 2.05) is 11.0 Å². The van der Waals surface area contributed by atoms with Gasteiger partial charge in [-0.25, -0.2) is 4.98 Å². The maximum Gasteiger partial charge on any atom is 0.255 e. The summed E-state index contributed by atoms with van der Waals surface area (Å²) in [6.45, 7) is 5.55. The maximum absolute atomic E-state index is 12.8. The molecule has 26 heavy (non-hydrogen) atoms. The number of hydrogen-bond donors (Lipinski definition) is 0. The summed E-state index contributed by atoms with van der Waals surface area (Å²) in [7, 11) is 1.59. The van der Waals surface area contributed by atoms with Crippen LogP contribution in [0.5, 0.6) is 5.88 Å². The fourth-order valence-electron chi connectivity index (χ4n) is 5.12. The van der Waals surface area contributed by atoms with E-state index < -0.39 is 0 Å². The van der Waals surface area contributed by atoms with Gasteiger partial charge in [-0.2, -0.15) is 0 Å². The van der Waals surface area contributed by atoms with Crippen molar-refractivity contribution in [3.8, 4) is 5.88 Å². The number of carbonyl (C=O) groups excluding carboxylic acids is 1. The van der Waals surface area contributed by atoms with Crippen molar-refractivity contribution in [1.82, 2.24) is 14.8 Å². The zero-order valence-electron chi connectivity index (χ0n) is 15.9. The quantitative estimate of drug-likeness (QED) is 0.831. The molecule has 142 valence electrons. The van der Waals surface area contributed by atoms with E-state index in [4.69, 9.17) is 4.74 Å². The third-order valence-electron chi connectivity index (χ3n) is 6.68. The number of pyridine rings is 1. The van der Waals surface area contributed by atoms with E-state index in [0.29, 0.717) is 23.3 Å². The van der Waals surface area contributed by atoms with Crippen LogP contribution >= 0.6 is 0 Å². The van der Waals surface area contributed by atoms with Crippen LogP contribution in [0.25, 0.3) is 0 Å². The topological polar surface area (TPSA) is 45.7 Å². The second-order valence-electron chi connectivity index (χ2n) is 8.35. The van der Waals surface area contributed by atoms with Crippen LogP contribution in [0.3, 0.4) is 0 Å². The average molecular weight is 357 g/mol. The molecule has 3 heterocycles. The smallest absolute Gasteiger partial charge is 0.255 e. The van der Waals surface area contributed by atoms with Crippen molar-refractivity contribution < 1.29 is 9.53 Å². The number of rotatable bonds is 4. The van der Waals surface area contributed by atoms with E-state index in [-0.39, 0.29) is 5.91 Å². The monoisotopic (exact) mass is 357 g/mol. The molecule has 0 unspecified atom stereocenters. The fraction of sp³-hybridized carbons (Fsp3) is 0.714. The van der Waals surface area contributed by atoms with Crippen LogP contribution in [0.2, 0.25) is 0 Å². The van der Waals surface area contributed by atoms with Crippen LogP contribution in [0.15, 0.2) is 18.3 Å². The van der Waals surface area contributed by atoms with E-state index in [0.717, 1.165) is 19.0 Å². The zero-order chi connectivity index (χ0) is 17.9. The molecule has 2 aliphatic heterocycles. The summed E-state index contributed by atoms with van der Waals surface area (Å²) in [6.07, 6.45) is 9.84. The molecule has 1 aromatic rings. The minimum Gasteiger partial charge on any atom is -0.481 e. The van der Waals surface area contributed by atoms with E-state index in [1.54, 1.807) is 19.4 Å². The van der Waals surface area contributed by atoms with Crippen molar-refractivity contribution in [2.75, 3.05) is 39.8 Å². The van der Waals surface area contributed by atoms with Crippen molar-refractivity contribution in [3.63, 3.8) is 0 Å². The molecule has 0 bridgehead atoms. The van der Waals surface area contributed by atoms with Gasteiger partial charge < -0.3 is 14.5 Å². The summed E-state index contributed by atoms with van der Waals surface area (Å²) < 4.78 is 5.08. The normalized spacial score (nSPS) is 27.3. The van der Waals surface area contributed by atoms with Crippen LogP contribution < -0.4 is 4.74 Å². The number of hydrogen-bond acceptors (Lipinski definition) is 4. The maximum atomic E-state index is 12.8. The molecule has 1 aliphatic carbocycles. The summed E-state index contributed by atoms with van der Waals surface area (Å²) in [5.74, 6) is 2.94. The second kappa shape index (κ2) is 7.95. The molecule has 1 amide bonds. The van der Waals surface area contributed by atoms with Crippen molar-refractivity contribution in [2.45, 2.75) is 38.5 Å². The third kappa shape index (κ3) is 3.88. The molecule has 5 nitrogen and oxygen atoms in total. The van der Waals surface area contributed by atoms with Crippen molar-refractivity contribution in [1.29, 1.82) is 0 Å². The lowest BCUT2D eigenvalue weighted by Gasteiger charge is -2.24. The highest BCUT2D eigenvalue weighted by molar-refractivity contribution is 5.94. The fourth-order valence-corrected chi connectivity index (χ4v) is 5.12. The minimum atomic E-state index is 0.121. The molecule has 3 fully saturated rings. The van der Waals surface area contributed by atoms with Crippen molar-refractivity contribution >= 4 is 5.91 Å². The van der Waals surface area contributed by atoms with Gasteiger partial charge in [0.15, 0.2) is 0 Å². The number of carbonyl (C=O) groups is 1. The number of nitrogens with zero attached hydrogens (tertiary/aromatic N) is 3. The second-order valence-corrected chi connectivity index (χ2v) is 8.35. The molecule has 5 heteroatoms. The summed E-state index contributed by atoms with van der Waals surface area (Å²) in [6, 6.07) is 3.59. The Balaban J connectivity index is 1.31. The number of amides is 1. The molecule has 0 radical (unpaired) electrons. The Hall–Kier alpha value is -1.62. The van der Waals surface area contributed by atoms with Crippen molar-refractivity contribution in [2.24, 2.45) is 17.8 Å². The summed E-state index contributed by atoms with van der Waals surface area (Å²) in [5, 5.41) is 0. The molecule has 0 aromatic carbocycles. The van der Waals surface area contributed by atoms with E-state index in [2.05, 4.69) is 9.88 Å². The summed E-state index contributed by atoms with van der Waals surface area (Å²) >= 11 is 0. The third-order valence-corrected chi connectivity index (χ3v) is 6.68. The molecule has 0 spiro atoms. The zero-order valence-corrected chi connectivity index (χ0v) is 15.9. The summed E-state index contributed by atoms with van der Waals surface area (Å²) in [5.41, 5.74) is 0.671. The average Bonchev–Trinajstić information content (AvgIpc) is 3.29. The van der Waals surface area contributed by atoms with Gasteiger partial charge in [0.05, 0.1) is 12.7 Å². The van der Waals surface area contributed by atoms with Gasteiger partial charge in [-0.3, -0.25) is 4.79 Å². The Bertz CT molecular complexity index is 596. The Morgan fingerprint density at radius 3 is 2.38 bits per heavy atom. The standard InChI is InChI=1S/C21H31N3O2/c1-26-20-7-6-17(12-22-20)21(25)24-14-18-8-10-23(11-9-19(18)15-24)13-16-4-2-3-5-16/h6-7,12,16,18-19H,2-5,8-11,13-15H2,1H3/t18-,19+. The van der Waals surface area contributed by atoms with Gasteiger partial charge in [0, 0.05) is 31.9 Å². The van der Waals surface area contributed by atoms with E-state index in [9.17, 15) is 4.79 Å². The van der Waals surface area contributed by atoms with Crippen LogP contribution in [-0.4, -0.2) is 60.5 Å². The van der Waals surface area contributed by atoms with Crippen molar-refractivity contribution in [3.05, 3.63) is 23.9 Å². The van der Waals surface area contributed by atoms with Gasteiger partial charge in [-0.05, 0) is 62.6 Å². The van der Waals surface area contributed by atoms with Gasteiger partial charge in [0.2, 0.25) is 5.88 Å². The molecule has 1 aromatic heterocycles. The highest BCUT2D eigenvalue weighted by atomic mass is 16.5. The molecule has 3 aliphatic rings. The Morgan fingerprint density at radius 2 is 1.81 bits per heavy atom. The number of aromatic nitrogens is 1. The Morgan fingerprint density at radius 1 is 1.12 bits per heavy atom. The number of fused-ring (bicyclic) bond motifs is 1. The summed E-state index contributed by atoms with van der Waals surface area (Å²) in [4.78, 5) is 21.7. The largest absolute Gasteiger partial charge is 0.481 e. The predicted octanol–water partition coefficient (Wildman–Crippen LogP) is 3.06. The van der Waals surface area contributed by atoms with Crippen LogP contribution in [0, 0.1) is 17.8 Å². The van der Waals surface area contributed by atoms with Crippen LogP contribution in [-0.2, 0) is 0 Å². The minimum absolute atomic E-state index is 0.121. The lowest BCUT2D eigenvalue weighted by atomic mass is 9.92. The van der Waals surface area contributed by atoms with E-state index >= 15 is 0 Å². The molecule has 0 N–H and O–H groups in total. The van der Waals surface area contributed by atoms with Gasteiger partial charge in [0.25, 0.3) is 5.91 Å². The first-order valence-corrected chi connectivity index (χ1v) is 10.2. The van der Waals surface area contributed by atoms with Crippen LogP contribution in [0.4, 0.5) is 0 Å². The van der Waals surface area contributed by atoms with E-state index in [1.165, 1.54) is 58.2 Å². The molecule has 1 saturated carbocycles. The first-order chi connectivity index (χ1) is 12.7. The van der Waals surface area contributed by atoms with Gasteiger partial charge in [-0.1, -0.05) is 12.8 Å². The number of methoxy groups -OCH3 is 1. The molecular formula is C21H31N3O2. The first kappa shape index (κ1) is 17.8. The molecule has 4 rings (SSSR count). The number of ether oxygens (including phenoxy) is 1. The lowest BCUT2D eigenvalue weighted by molar-refractivity contribution is 0.0779.